The number of rotatable bonds is 23. The van der Waals surface area contributed by atoms with Gasteiger partial charge in [-0.05, 0) is 50.2 Å². The zero-order chi connectivity index (χ0) is 31.0. The average molecular weight is 589 g/mol. The topological polar surface area (TPSA) is 76.9 Å². The van der Waals surface area contributed by atoms with Crippen LogP contribution in [0.2, 0.25) is 0 Å². The van der Waals surface area contributed by atoms with E-state index in [4.69, 9.17) is 30.4 Å². The van der Waals surface area contributed by atoms with E-state index in [1.807, 2.05) is 7.05 Å². The summed E-state index contributed by atoms with van der Waals surface area (Å²) in [6, 6.07) is 0.416. The molecule has 42 heavy (non-hydrogen) atoms. The highest BCUT2D eigenvalue weighted by molar-refractivity contribution is 6.00. The van der Waals surface area contributed by atoms with E-state index in [0.717, 1.165) is 43.3 Å². The minimum atomic E-state index is 0.321. The summed E-state index contributed by atoms with van der Waals surface area (Å²) in [5.41, 5.74) is 3.38. The molecule has 0 spiro atoms. The van der Waals surface area contributed by atoms with Gasteiger partial charge in [0.25, 0.3) is 0 Å². The Morgan fingerprint density at radius 2 is 1.64 bits per heavy atom. The van der Waals surface area contributed by atoms with E-state index in [9.17, 15) is 0 Å². The van der Waals surface area contributed by atoms with Crippen LogP contribution in [0.25, 0.3) is 0 Å². The molecule has 0 aliphatic carbocycles. The number of hydrogen-bond acceptors (Lipinski definition) is 7. The highest BCUT2D eigenvalue weighted by Crippen LogP contribution is 2.18. The summed E-state index contributed by atoms with van der Waals surface area (Å²) in [6.45, 7) is 20.2. The fourth-order valence-corrected chi connectivity index (χ4v) is 4.92. The van der Waals surface area contributed by atoms with Gasteiger partial charge < -0.3 is 29.2 Å². The summed E-state index contributed by atoms with van der Waals surface area (Å²) in [4.78, 5) is 12.2. The summed E-state index contributed by atoms with van der Waals surface area (Å²) in [7, 11) is 1.90. The van der Waals surface area contributed by atoms with Gasteiger partial charge in [0.2, 0.25) is 0 Å². The van der Waals surface area contributed by atoms with Crippen molar-refractivity contribution >= 4 is 11.5 Å². The second kappa shape index (κ2) is 24.4. The number of amidine groups is 1. The van der Waals surface area contributed by atoms with Crippen LogP contribution in [0.5, 0.6) is 0 Å². The third kappa shape index (κ3) is 17.8. The van der Waals surface area contributed by atoms with Crippen LogP contribution in [0.3, 0.4) is 0 Å². The average Bonchev–Trinajstić information content (AvgIpc) is 3.43. The number of allylic oxidation sites excluding steroid dienone is 3. The Morgan fingerprint density at radius 3 is 2.24 bits per heavy atom. The van der Waals surface area contributed by atoms with E-state index in [2.05, 4.69) is 74.8 Å². The molecule has 1 fully saturated rings. The van der Waals surface area contributed by atoms with Gasteiger partial charge in [0, 0.05) is 44.1 Å². The molecular formula is C34H60N4O4. The predicted molar refractivity (Wildman–Crippen MR) is 177 cm³/mol. The van der Waals surface area contributed by atoms with Crippen molar-refractivity contribution in [2.75, 3.05) is 79.5 Å². The molecule has 1 rings (SSSR count). The van der Waals surface area contributed by atoms with Gasteiger partial charge in [-0.2, -0.15) is 0 Å². The van der Waals surface area contributed by atoms with Gasteiger partial charge in [0.15, 0.2) is 0 Å². The smallest absolute Gasteiger partial charge is 0.131 e. The lowest BCUT2D eigenvalue weighted by Crippen LogP contribution is -2.37. The van der Waals surface area contributed by atoms with E-state index >= 15 is 0 Å². The van der Waals surface area contributed by atoms with Crippen molar-refractivity contribution in [1.82, 2.24) is 10.2 Å². The lowest BCUT2D eigenvalue weighted by atomic mass is 9.97. The van der Waals surface area contributed by atoms with Crippen LogP contribution in [0.1, 0.15) is 73.6 Å². The van der Waals surface area contributed by atoms with Gasteiger partial charge in [-0.15, -0.1) is 6.42 Å². The Bertz CT molecular complexity index is 875. The number of nitrogens with zero attached hydrogens (tertiary/aromatic N) is 3. The first-order valence-electron chi connectivity index (χ1n) is 16.0. The molecule has 1 saturated heterocycles. The van der Waals surface area contributed by atoms with Gasteiger partial charge in [-0.25, -0.2) is 4.99 Å². The molecule has 0 aromatic rings. The highest BCUT2D eigenvalue weighted by Gasteiger charge is 2.25. The normalized spacial score (nSPS) is 17.8. The highest BCUT2D eigenvalue weighted by atomic mass is 16.6. The minimum Gasteiger partial charge on any atom is -0.378 e. The molecule has 0 amide bonds. The van der Waals surface area contributed by atoms with Crippen molar-refractivity contribution in [2.45, 2.75) is 79.7 Å². The molecule has 1 heterocycles. The van der Waals surface area contributed by atoms with E-state index in [-0.39, 0.29) is 0 Å². The van der Waals surface area contributed by atoms with Gasteiger partial charge in [0.1, 0.15) is 12.4 Å². The number of terminal acetylenes is 1. The summed E-state index contributed by atoms with van der Waals surface area (Å²) in [6.07, 6.45) is 15.6. The third-order valence-corrected chi connectivity index (χ3v) is 7.05. The van der Waals surface area contributed by atoms with E-state index in [1.54, 1.807) is 0 Å². The maximum absolute atomic E-state index is 5.74. The van der Waals surface area contributed by atoms with Crippen LogP contribution in [-0.2, 0) is 18.9 Å². The van der Waals surface area contributed by atoms with Crippen molar-refractivity contribution in [1.29, 1.82) is 0 Å². The largest absolute Gasteiger partial charge is 0.378 e. The monoisotopic (exact) mass is 588 g/mol. The fourth-order valence-electron chi connectivity index (χ4n) is 4.92. The number of likely N-dealkylation sites (tertiary alicyclic amines) is 1. The Balaban J connectivity index is 2.50. The Morgan fingerprint density at radius 1 is 1.00 bits per heavy atom. The molecule has 240 valence electrons. The van der Waals surface area contributed by atoms with E-state index in [0.29, 0.717) is 70.7 Å². The summed E-state index contributed by atoms with van der Waals surface area (Å²) < 4.78 is 21.9. The number of unbranched alkanes of at least 4 members (excludes halogenated alkanes) is 2. The standard InChI is InChI=1S/C34H60N4O4/c1-9-11-12-13-29(5)33(35-8)26-31(7)37-34(30(6)25-28(3)4)38-16-14-32(27-38)36-15-18-40-20-22-42-24-23-41-21-19-39-17-10-2/h2,25-26,28-29,32,36H,9,11-24,27H2,1,3-8H3/b30-25-,31-26+,35-33+,37-34+/t29?,32-/m0/s1. The van der Waals surface area contributed by atoms with Crippen LogP contribution in [-0.4, -0.2) is 102 Å². The van der Waals surface area contributed by atoms with Crippen molar-refractivity contribution in [3.05, 3.63) is 23.4 Å². The molecule has 8 heteroatoms. The van der Waals surface area contributed by atoms with E-state index in [1.165, 1.54) is 31.3 Å². The molecule has 2 atom stereocenters. The van der Waals surface area contributed by atoms with Crippen molar-refractivity contribution in [3.8, 4) is 12.3 Å². The molecule has 8 nitrogen and oxygen atoms in total. The van der Waals surface area contributed by atoms with Gasteiger partial charge >= 0.3 is 0 Å². The number of hydrogen-bond donors (Lipinski definition) is 1. The summed E-state index contributed by atoms with van der Waals surface area (Å²) in [5.74, 6) is 4.41. The third-order valence-electron chi connectivity index (χ3n) is 7.05. The molecule has 0 saturated carbocycles. The van der Waals surface area contributed by atoms with Crippen molar-refractivity contribution in [3.63, 3.8) is 0 Å². The summed E-state index contributed by atoms with van der Waals surface area (Å²) >= 11 is 0. The number of ether oxygens (including phenoxy) is 4. The van der Waals surface area contributed by atoms with Crippen molar-refractivity contribution < 1.29 is 18.9 Å². The zero-order valence-corrected chi connectivity index (χ0v) is 27.8. The first-order chi connectivity index (χ1) is 20.3. The van der Waals surface area contributed by atoms with Gasteiger partial charge in [-0.3, -0.25) is 4.99 Å². The molecule has 0 aromatic carbocycles. The lowest BCUT2D eigenvalue weighted by Gasteiger charge is -2.23. The maximum Gasteiger partial charge on any atom is 0.131 e. The Labute approximate surface area is 257 Å². The number of aliphatic imine (C=N–C) groups is 2. The van der Waals surface area contributed by atoms with Crippen LogP contribution in [0.4, 0.5) is 0 Å². The maximum atomic E-state index is 5.74. The molecule has 1 unspecified atom stereocenters. The second-order valence-corrected chi connectivity index (χ2v) is 11.3. The molecule has 1 aliphatic heterocycles. The molecule has 1 aliphatic rings. The Hall–Kier alpha value is -2.02. The lowest BCUT2D eigenvalue weighted by molar-refractivity contribution is 0.00157. The number of nitrogens with one attached hydrogen (secondary N) is 1. The summed E-state index contributed by atoms with van der Waals surface area (Å²) in [5, 5.41) is 3.66. The zero-order valence-electron chi connectivity index (χ0n) is 27.8. The Kier molecular flexibility index (Phi) is 22.1. The van der Waals surface area contributed by atoms with Crippen molar-refractivity contribution in [2.24, 2.45) is 21.8 Å². The molecule has 0 bridgehead atoms. The van der Waals surface area contributed by atoms with Crippen LogP contribution >= 0.6 is 0 Å². The second-order valence-electron chi connectivity index (χ2n) is 11.3. The first-order valence-corrected chi connectivity index (χ1v) is 16.0. The SMILES string of the molecule is C#CCOCCOCCOCCOCCN[C@H]1CCN(C(=N/C(C)=C/C(=N\C)C(C)CCCCC)/C(C)=C\C(C)C)C1. The van der Waals surface area contributed by atoms with Crippen LogP contribution in [0.15, 0.2) is 33.4 Å². The predicted octanol–water partition coefficient (Wildman–Crippen LogP) is 5.54. The molecule has 0 aromatic heterocycles. The van der Waals surface area contributed by atoms with Crippen LogP contribution in [0, 0.1) is 24.2 Å². The minimum absolute atomic E-state index is 0.321. The van der Waals surface area contributed by atoms with Gasteiger partial charge in [-0.1, -0.05) is 59.0 Å². The molecular weight excluding hydrogens is 528 g/mol. The van der Waals surface area contributed by atoms with E-state index < -0.39 is 0 Å². The molecule has 0 radical (unpaired) electrons. The fraction of sp³-hybridized carbons (Fsp3) is 0.765. The molecule has 1 N–H and O–H groups in total. The van der Waals surface area contributed by atoms with Crippen LogP contribution < -0.4 is 5.32 Å². The van der Waals surface area contributed by atoms with Gasteiger partial charge in [0.05, 0.1) is 46.2 Å². The quantitative estimate of drug-likeness (QED) is 0.0731. The first kappa shape index (κ1) is 38.0.